The van der Waals surface area contributed by atoms with Crippen molar-refractivity contribution in [3.05, 3.63) is 29.8 Å². The molecule has 0 aliphatic carbocycles. The third-order valence-corrected chi connectivity index (χ3v) is 8.24. The number of sulfonamides is 1. The summed E-state index contributed by atoms with van der Waals surface area (Å²) in [5.41, 5.74) is 0.489. The number of carbonyl (C=O) groups is 2. The number of ketones is 1. The van der Waals surface area contributed by atoms with Crippen molar-refractivity contribution in [1.29, 1.82) is 0 Å². The lowest BCUT2D eigenvalue weighted by Crippen LogP contribution is -2.49. The molecular formula is C22H33N3O4S. The van der Waals surface area contributed by atoms with Gasteiger partial charge in [0.2, 0.25) is 15.9 Å². The van der Waals surface area contributed by atoms with E-state index in [2.05, 4.69) is 24.1 Å². The van der Waals surface area contributed by atoms with E-state index < -0.39 is 10.0 Å². The molecule has 2 fully saturated rings. The van der Waals surface area contributed by atoms with Crippen molar-refractivity contribution in [3.63, 3.8) is 0 Å². The molecule has 2 aliphatic rings. The van der Waals surface area contributed by atoms with Gasteiger partial charge in [0.15, 0.2) is 5.78 Å². The van der Waals surface area contributed by atoms with Gasteiger partial charge in [0.05, 0.1) is 4.90 Å². The number of rotatable bonds is 6. The lowest BCUT2D eigenvalue weighted by molar-refractivity contribution is -0.127. The Labute approximate surface area is 179 Å². The average molecular weight is 436 g/mol. The topological polar surface area (TPSA) is 86.8 Å². The van der Waals surface area contributed by atoms with Gasteiger partial charge < -0.3 is 10.2 Å². The van der Waals surface area contributed by atoms with Crippen molar-refractivity contribution < 1.29 is 18.0 Å². The first-order chi connectivity index (χ1) is 14.2. The van der Waals surface area contributed by atoms with E-state index in [9.17, 15) is 18.0 Å². The summed E-state index contributed by atoms with van der Waals surface area (Å²) in [6.45, 7) is 8.51. The minimum atomic E-state index is -3.61. The van der Waals surface area contributed by atoms with E-state index in [1.165, 1.54) is 23.4 Å². The summed E-state index contributed by atoms with van der Waals surface area (Å²) in [7, 11) is -3.61. The van der Waals surface area contributed by atoms with Gasteiger partial charge in [-0.05, 0) is 58.6 Å². The van der Waals surface area contributed by atoms with Crippen molar-refractivity contribution in [2.75, 3.05) is 26.2 Å². The SMILES string of the molecule is CC(=O)c1ccc(S(=O)(=O)N2CCC(C(=O)NC3CCN(C(C)C)CC3)CC2)cc1. The maximum absolute atomic E-state index is 12.9. The molecule has 0 atom stereocenters. The molecular weight excluding hydrogens is 402 g/mol. The Kier molecular flexibility index (Phi) is 7.31. The Balaban J connectivity index is 1.51. The van der Waals surface area contributed by atoms with Gasteiger partial charge in [-0.2, -0.15) is 4.31 Å². The zero-order chi connectivity index (χ0) is 21.9. The molecule has 0 unspecified atom stereocenters. The average Bonchev–Trinajstić information content (AvgIpc) is 2.74. The fourth-order valence-corrected chi connectivity index (χ4v) is 5.72. The summed E-state index contributed by atoms with van der Waals surface area (Å²) in [4.78, 5) is 26.7. The second kappa shape index (κ2) is 9.58. The normalized spacial score (nSPS) is 20.4. The molecule has 0 spiro atoms. The minimum absolute atomic E-state index is 0.0563. The third kappa shape index (κ3) is 5.28. The number of Topliss-reactive ketones (excluding diaryl/α,β-unsaturated/α-hetero) is 1. The lowest BCUT2D eigenvalue weighted by atomic mass is 9.95. The molecule has 2 heterocycles. The quantitative estimate of drug-likeness (QED) is 0.693. The molecule has 0 bridgehead atoms. The molecule has 2 aliphatic heterocycles. The highest BCUT2D eigenvalue weighted by molar-refractivity contribution is 7.89. The van der Waals surface area contributed by atoms with Crippen molar-refractivity contribution in [1.82, 2.24) is 14.5 Å². The summed E-state index contributed by atoms with van der Waals surface area (Å²) >= 11 is 0. The predicted molar refractivity (Wildman–Crippen MR) is 116 cm³/mol. The van der Waals surface area contributed by atoms with Crippen LogP contribution in [-0.2, 0) is 14.8 Å². The first-order valence-electron chi connectivity index (χ1n) is 10.8. The van der Waals surface area contributed by atoms with E-state index in [0.717, 1.165) is 25.9 Å². The molecule has 8 heteroatoms. The van der Waals surface area contributed by atoms with E-state index in [-0.39, 0.29) is 28.5 Å². The summed E-state index contributed by atoms with van der Waals surface area (Å²) in [6, 6.07) is 6.80. The number of likely N-dealkylation sites (tertiary alicyclic amines) is 1. The highest BCUT2D eigenvalue weighted by Gasteiger charge is 2.33. The molecule has 7 nitrogen and oxygen atoms in total. The Hall–Kier alpha value is -1.77. The van der Waals surface area contributed by atoms with Crippen LogP contribution in [0.4, 0.5) is 0 Å². The van der Waals surface area contributed by atoms with E-state index in [0.29, 0.717) is 37.5 Å². The lowest BCUT2D eigenvalue weighted by Gasteiger charge is -2.36. The van der Waals surface area contributed by atoms with Gasteiger partial charge in [0.25, 0.3) is 0 Å². The van der Waals surface area contributed by atoms with E-state index in [4.69, 9.17) is 0 Å². The van der Waals surface area contributed by atoms with Crippen LogP contribution in [0.5, 0.6) is 0 Å². The molecule has 166 valence electrons. The largest absolute Gasteiger partial charge is 0.353 e. The summed E-state index contributed by atoms with van der Waals surface area (Å²) in [5, 5.41) is 3.18. The Bertz CT molecular complexity index is 851. The monoisotopic (exact) mass is 435 g/mol. The molecule has 3 rings (SSSR count). The number of hydrogen-bond acceptors (Lipinski definition) is 5. The molecule has 1 aromatic rings. The Morgan fingerprint density at radius 1 is 0.967 bits per heavy atom. The summed E-state index contributed by atoms with van der Waals surface area (Å²) < 4.78 is 27.2. The molecule has 1 N–H and O–H groups in total. The minimum Gasteiger partial charge on any atom is -0.353 e. The zero-order valence-corrected chi connectivity index (χ0v) is 19.0. The van der Waals surface area contributed by atoms with Crippen LogP contribution in [0.25, 0.3) is 0 Å². The summed E-state index contributed by atoms with van der Waals surface area (Å²) in [6.07, 6.45) is 2.99. The van der Waals surface area contributed by atoms with E-state index >= 15 is 0 Å². The number of nitrogens with zero attached hydrogens (tertiary/aromatic N) is 2. The summed E-state index contributed by atoms with van der Waals surface area (Å²) in [5.74, 6) is -0.179. The highest BCUT2D eigenvalue weighted by atomic mass is 32.2. The van der Waals surface area contributed by atoms with Crippen molar-refractivity contribution in [3.8, 4) is 0 Å². The fourth-order valence-electron chi connectivity index (χ4n) is 4.25. The van der Waals surface area contributed by atoms with Crippen LogP contribution in [0.3, 0.4) is 0 Å². The Morgan fingerprint density at radius 2 is 1.53 bits per heavy atom. The van der Waals surface area contributed by atoms with Gasteiger partial charge in [-0.15, -0.1) is 0 Å². The molecule has 0 saturated carbocycles. The van der Waals surface area contributed by atoms with E-state index in [1.54, 1.807) is 12.1 Å². The number of amides is 1. The van der Waals surface area contributed by atoms with Crippen LogP contribution in [0.15, 0.2) is 29.2 Å². The van der Waals surface area contributed by atoms with Gasteiger partial charge >= 0.3 is 0 Å². The standard InChI is InChI=1S/C22H33N3O4S/c1-16(2)24-12-10-20(11-13-24)23-22(27)19-8-14-25(15-9-19)30(28,29)21-6-4-18(5-7-21)17(3)26/h4-7,16,19-20H,8-15H2,1-3H3,(H,23,27). The number of hydrogen-bond donors (Lipinski definition) is 1. The molecule has 2 saturated heterocycles. The second-order valence-electron chi connectivity index (χ2n) is 8.67. The second-order valence-corrected chi connectivity index (χ2v) is 10.6. The number of piperidine rings is 2. The van der Waals surface area contributed by atoms with Crippen LogP contribution < -0.4 is 5.32 Å². The smallest absolute Gasteiger partial charge is 0.243 e. The highest BCUT2D eigenvalue weighted by Crippen LogP contribution is 2.25. The molecule has 1 aromatic carbocycles. The maximum Gasteiger partial charge on any atom is 0.243 e. The number of nitrogens with one attached hydrogen (secondary N) is 1. The number of carbonyl (C=O) groups excluding carboxylic acids is 2. The first-order valence-corrected chi connectivity index (χ1v) is 12.3. The predicted octanol–water partition coefficient (Wildman–Crippen LogP) is 2.28. The third-order valence-electron chi connectivity index (χ3n) is 6.33. The zero-order valence-electron chi connectivity index (χ0n) is 18.1. The Morgan fingerprint density at radius 3 is 2.03 bits per heavy atom. The van der Waals surface area contributed by atoms with Crippen LogP contribution >= 0.6 is 0 Å². The van der Waals surface area contributed by atoms with Crippen LogP contribution in [-0.4, -0.2) is 67.6 Å². The number of benzene rings is 1. The van der Waals surface area contributed by atoms with Gasteiger partial charge in [-0.1, -0.05) is 12.1 Å². The van der Waals surface area contributed by atoms with Crippen LogP contribution in [0.2, 0.25) is 0 Å². The molecule has 30 heavy (non-hydrogen) atoms. The molecule has 0 radical (unpaired) electrons. The van der Waals surface area contributed by atoms with Crippen LogP contribution in [0.1, 0.15) is 56.8 Å². The molecule has 0 aromatic heterocycles. The van der Waals surface area contributed by atoms with Gasteiger partial charge in [-0.25, -0.2) is 8.42 Å². The van der Waals surface area contributed by atoms with Crippen molar-refractivity contribution in [2.45, 2.75) is 63.4 Å². The van der Waals surface area contributed by atoms with Gasteiger partial charge in [0.1, 0.15) is 0 Å². The van der Waals surface area contributed by atoms with Gasteiger partial charge in [0, 0.05) is 49.7 Å². The maximum atomic E-state index is 12.9. The van der Waals surface area contributed by atoms with Crippen molar-refractivity contribution >= 4 is 21.7 Å². The molecule has 1 amide bonds. The van der Waals surface area contributed by atoms with Crippen molar-refractivity contribution in [2.24, 2.45) is 5.92 Å². The van der Waals surface area contributed by atoms with E-state index in [1.807, 2.05) is 0 Å². The van der Waals surface area contributed by atoms with Crippen LogP contribution in [0, 0.1) is 5.92 Å². The first kappa shape index (κ1) is 22.9. The fraction of sp³-hybridized carbons (Fsp3) is 0.636. The van der Waals surface area contributed by atoms with Gasteiger partial charge in [-0.3, -0.25) is 9.59 Å².